The van der Waals surface area contributed by atoms with E-state index in [4.69, 9.17) is 16.3 Å². The zero-order valence-corrected chi connectivity index (χ0v) is 12.8. The van der Waals surface area contributed by atoms with Crippen LogP contribution in [-0.4, -0.2) is 22.0 Å². The molecule has 0 N–H and O–H groups in total. The zero-order chi connectivity index (χ0) is 14.3. The van der Waals surface area contributed by atoms with Crippen LogP contribution in [0.3, 0.4) is 0 Å². The van der Waals surface area contributed by atoms with E-state index in [-0.39, 0.29) is 12.2 Å². The van der Waals surface area contributed by atoms with E-state index in [1.807, 2.05) is 4.68 Å². The first-order valence-corrected chi connectivity index (χ1v) is 7.82. The van der Waals surface area contributed by atoms with E-state index >= 15 is 0 Å². The topological polar surface area (TPSA) is 50.8 Å². The molecule has 0 amide bonds. The van der Waals surface area contributed by atoms with Gasteiger partial charge in [-0.15, -0.1) is 0 Å². The van der Waals surface area contributed by atoms with Crippen LogP contribution < -0.4 is 0 Å². The highest BCUT2D eigenvalue weighted by Crippen LogP contribution is 2.49. The summed E-state index contributed by atoms with van der Waals surface area (Å²) in [7, 11) is 0. The van der Waals surface area contributed by atoms with Crippen LogP contribution in [0.15, 0.2) is 0 Å². The molecule has 0 saturated carbocycles. The number of halogens is 1. The van der Waals surface area contributed by atoms with Gasteiger partial charge in [0.2, 0.25) is 0 Å². The average molecular weight is 294 g/mol. The van der Waals surface area contributed by atoms with E-state index in [0.717, 1.165) is 48.6 Å². The molecule has 20 heavy (non-hydrogen) atoms. The molecule has 2 aliphatic rings. The standard InChI is InChI=1S/C15H20ClN3O/c1-3-11-14(16)12(19(4-2)18-11)8-15(9-17)7-10-5-6-13(15)20-10/h10,13H,3-8H2,1-2H3. The summed E-state index contributed by atoms with van der Waals surface area (Å²) in [5, 5.41) is 15.0. The summed E-state index contributed by atoms with van der Waals surface area (Å²) in [4.78, 5) is 0. The van der Waals surface area contributed by atoms with Crippen molar-refractivity contribution >= 4 is 11.6 Å². The molecule has 2 saturated heterocycles. The number of aromatic nitrogens is 2. The molecular weight excluding hydrogens is 274 g/mol. The van der Waals surface area contributed by atoms with Crippen molar-refractivity contribution in [2.24, 2.45) is 5.41 Å². The van der Waals surface area contributed by atoms with Gasteiger partial charge >= 0.3 is 0 Å². The van der Waals surface area contributed by atoms with Gasteiger partial charge in [-0.1, -0.05) is 18.5 Å². The minimum atomic E-state index is -0.412. The third-order valence-corrected chi connectivity index (χ3v) is 5.15. The van der Waals surface area contributed by atoms with Gasteiger partial charge in [0, 0.05) is 13.0 Å². The van der Waals surface area contributed by atoms with E-state index < -0.39 is 5.41 Å². The summed E-state index contributed by atoms with van der Waals surface area (Å²) in [6.45, 7) is 4.90. The predicted molar refractivity (Wildman–Crippen MR) is 76.6 cm³/mol. The van der Waals surface area contributed by atoms with Crippen molar-refractivity contribution in [1.82, 2.24) is 9.78 Å². The molecule has 3 atom stereocenters. The maximum Gasteiger partial charge on any atom is 0.0915 e. The highest BCUT2D eigenvalue weighted by molar-refractivity contribution is 6.31. The van der Waals surface area contributed by atoms with Crippen LogP contribution in [0.1, 0.15) is 44.5 Å². The smallest absolute Gasteiger partial charge is 0.0915 e. The summed E-state index contributed by atoms with van der Waals surface area (Å²) in [6, 6.07) is 2.54. The molecule has 0 radical (unpaired) electrons. The summed E-state index contributed by atoms with van der Waals surface area (Å²) in [5.74, 6) is 0. The average Bonchev–Trinajstić information content (AvgIpc) is 3.14. The Labute approximate surface area is 124 Å². The Hall–Kier alpha value is -1.05. The Morgan fingerprint density at radius 2 is 2.30 bits per heavy atom. The van der Waals surface area contributed by atoms with Gasteiger partial charge in [0.05, 0.1) is 40.1 Å². The normalized spacial score (nSPS) is 31.7. The predicted octanol–water partition coefficient (Wildman–Crippen LogP) is 3.12. The van der Waals surface area contributed by atoms with Crippen LogP contribution in [0.4, 0.5) is 0 Å². The Balaban J connectivity index is 1.95. The van der Waals surface area contributed by atoms with Crippen molar-refractivity contribution in [2.45, 2.75) is 64.7 Å². The number of nitrogens with zero attached hydrogens (tertiary/aromatic N) is 3. The number of hydrogen-bond acceptors (Lipinski definition) is 3. The van der Waals surface area contributed by atoms with Gasteiger partial charge < -0.3 is 4.74 Å². The Morgan fingerprint density at radius 3 is 2.80 bits per heavy atom. The van der Waals surface area contributed by atoms with Crippen molar-refractivity contribution in [1.29, 1.82) is 5.26 Å². The third kappa shape index (κ3) is 1.96. The van der Waals surface area contributed by atoms with Gasteiger partial charge in [0.1, 0.15) is 0 Å². The fourth-order valence-corrected chi connectivity index (χ4v) is 3.96. The molecule has 5 heteroatoms. The molecular formula is C15H20ClN3O. The van der Waals surface area contributed by atoms with Crippen molar-refractivity contribution in [3.05, 3.63) is 16.4 Å². The second-order valence-corrected chi connectivity index (χ2v) is 6.23. The molecule has 2 fully saturated rings. The Kier molecular flexibility index (Phi) is 3.51. The lowest BCUT2D eigenvalue weighted by Gasteiger charge is -2.28. The highest BCUT2D eigenvalue weighted by atomic mass is 35.5. The molecule has 0 spiro atoms. The molecule has 2 bridgehead atoms. The highest BCUT2D eigenvalue weighted by Gasteiger charge is 2.53. The van der Waals surface area contributed by atoms with Gasteiger partial charge in [-0.3, -0.25) is 4.68 Å². The Morgan fingerprint density at radius 1 is 1.50 bits per heavy atom. The quantitative estimate of drug-likeness (QED) is 0.857. The summed E-state index contributed by atoms with van der Waals surface area (Å²) in [6.07, 6.45) is 4.73. The summed E-state index contributed by atoms with van der Waals surface area (Å²) >= 11 is 6.47. The van der Waals surface area contributed by atoms with Crippen LogP contribution in [0.2, 0.25) is 5.02 Å². The molecule has 2 aliphatic heterocycles. The van der Waals surface area contributed by atoms with Gasteiger partial charge in [-0.05, 0) is 32.6 Å². The number of ether oxygens (including phenoxy) is 1. The van der Waals surface area contributed by atoms with Crippen LogP contribution in [0, 0.1) is 16.7 Å². The number of aryl methyl sites for hydroxylation is 2. The molecule has 3 heterocycles. The van der Waals surface area contributed by atoms with E-state index in [9.17, 15) is 5.26 Å². The van der Waals surface area contributed by atoms with Crippen molar-refractivity contribution < 1.29 is 4.74 Å². The van der Waals surface area contributed by atoms with E-state index in [1.54, 1.807) is 0 Å². The van der Waals surface area contributed by atoms with Gasteiger partial charge in [-0.25, -0.2) is 0 Å². The molecule has 3 unspecified atom stereocenters. The molecule has 0 aromatic carbocycles. The van der Waals surface area contributed by atoms with E-state index in [0.29, 0.717) is 6.42 Å². The van der Waals surface area contributed by atoms with Crippen molar-refractivity contribution in [3.63, 3.8) is 0 Å². The van der Waals surface area contributed by atoms with Crippen LogP contribution in [0.5, 0.6) is 0 Å². The molecule has 1 aromatic heterocycles. The van der Waals surface area contributed by atoms with Gasteiger partial charge in [-0.2, -0.15) is 10.4 Å². The minimum Gasteiger partial charge on any atom is -0.373 e. The first kappa shape index (κ1) is 13.9. The minimum absolute atomic E-state index is 0.0684. The molecule has 0 aliphatic carbocycles. The summed E-state index contributed by atoms with van der Waals surface area (Å²) < 4.78 is 7.85. The molecule has 1 aromatic rings. The largest absolute Gasteiger partial charge is 0.373 e. The molecule has 4 nitrogen and oxygen atoms in total. The van der Waals surface area contributed by atoms with Crippen molar-refractivity contribution in [2.75, 3.05) is 0 Å². The molecule has 3 rings (SSSR count). The van der Waals surface area contributed by atoms with E-state index in [2.05, 4.69) is 25.0 Å². The van der Waals surface area contributed by atoms with Crippen LogP contribution >= 0.6 is 11.6 Å². The lowest BCUT2D eigenvalue weighted by Crippen LogP contribution is -2.34. The third-order valence-electron chi connectivity index (χ3n) is 4.72. The lowest BCUT2D eigenvalue weighted by molar-refractivity contribution is 0.0782. The zero-order valence-electron chi connectivity index (χ0n) is 12.0. The van der Waals surface area contributed by atoms with Crippen LogP contribution in [0.25, 0.3) is 0 Å². The fraction of sp³-hybridized carbons (Fsp3) is 0.733. The first-order chi connectivity index (χ1) is 9.63. The van der Waals surface area contributed by atoms with Crippen LogP contribution in [-0.2, 0) is 24.1 Å². The Bertz CT molecular complexity index is 562. The monoisotopic (exact) mass is 293 g/mol. The number of hydrogen-bond donors (Lipinski definition) is 0. The lowest BCUT2D eigenvalue weighted by atomic mass is 9.72. The van der Waals surface area contributed by atoms with Gasteiger partial charge in [0.15, 0.2) is 0 Å². The SMILES string of the molecule is CCc1nn(CC)c(CC2(C#N)CC3CCC2O3)c1Cl. The van der Waals surface area contributed by atoms with Crippen molar-refractivity contribution in [3.8, 4) is 6.07 Å². The van der Waals surface area contributed by atoms with E-state index in [1.165, 1.54) is 0 Å². The maximum atomic E-state index is 9.72. The second-order valence-electron chi connectivity index (χ2n) is 5.85. The number of nitriles is 1. The summed E-state index contributed by atoms with van der Waals surface area (Å²) in [5.41, 5.74) is 1.52. The van der Waals surface area contributed by atoms with Gasteiger partial charge in [0.25, 0.3) is 0 Å². The number of fused-ring (bicyclic) bond motifs is 2. The maximum absolute atomic E-state index is 9.72. The molecule has 108 valence electrons. The second kappa shape index (κ2) is 5.05. The fourth-order valence-electron chi connectivity index (χ4n) is 3.63. The first-order valence-electron chi connectivity index (χ1n) is 7.44. The number of rotatable bonds is 4.